The predicted octanol–water partition coefficient (Wildman–Crippen LogP) is 5.49. The first-order valence-electron chi connectivity index (χ1n) is 18.8. The number of benzene rings is 2. The number of hydrogen-bond acceptors (Lipinski definition) is 7. The molecule has 20 heteroatoms. The molecule has 2 aromatic rings. The van der Waals surface area contributed by atoms with Crippen molar-refractivity contribution in [3.8, 4) is 0 Å². The fourth-order valence-corrected chi connectivity index (χ4v) is 15.2. The number of aliphatic carboxylic acids is 1. The lowest BCUT2D eigenvalue weighted by atomic mass is 9.47. The van der Waals surface area contributed by atoms with Crippen molar-refractivity contribution >= 4 is 96.0 Å². The van der Waals surface area contributed by atoms with E-state index in [1.807, 2.05) is 20.8 Å². The van der Waals surface area contributed by atoms with Crippen LogP contribution in [0.3, 0.4) is 0 Å². The molecule has 4 aliphatic carbocycles. The summed E-state index contributed by atoms with van der Waals surface area (Å²) in [5, 5.41) is 13.0. The number of rotatable bonds is 8. The highest BCUT2D eigenvalue weighted by Crippen LogP contribution is 2.60. The number of halogens is 4. The number of carbonyl (C=O) groups excluding carboxylic acids is 2. The molecule has 4 N–H and O–H groups in total. The van der Waals surface area contributed by atoms with Gasteiger partial charge in [0.25, 0.3) is 0 Å². The smallest absolute Gasteiger partial charge is 0.318 e. The third kappa shape index (κ3) is 8.84. The van der Waals surface area contributed by atoms with Crippen molar-refractivity contribution in [3.05, 3.63) is 55.5 Å². The molecule has 314 valence electrons. The molecule has 57 heavy (non-hydrogen) atoms. The van der Waals surface area contributed by atoms with E-state index in [9.17, 15) is 31.2 Å². The van der Waals surface area contributed by atoms with Crippen LogP contribution < -0.4 is 19.7 Å². The van der Waals surface area contributed by atoms with Crippen LogP contribution in [0.2, 0.25) is 20.1 Å². The molecule has 2 heterocycles. The van der Waals surface area contributed by atoms with E-state index in [1.54, 1.807) is 31.2 Å². The maximum atomic E-state index is 13.5. The molecular formula is C37H48Cl4N6O8S2. The quantitative estimate of drug-likeness (QED) is 0.310. The molecule has 2 amide bonds. The van der Waals surface area contributed by atoms with Crippen LogP contribution in [0.25, 0.3) is 0 Å². The molecule has 2 aromatic carbocycles. The Labute approximate surface area is 354 Å². The zero-order chi connectivity index (χ0) is 41.9. The third-order valence-electron chi connectivity index (χ3n) is 11.8. The topological polar surface area (TPSA) is 191 Å². The minimum atomic E-state index is -4.01. The van der Waals surface area contributed by atoms with Gasteiger partial charge >= 0.3 is 26.4 Å². The summed E-state index contributed by atoms with van der Waals surface area (Å²) in [7, 11) is -8.00. The van der Waals surface area contributed by atoms with Crippen LogP contribution >= 0.6 is 46.4 Å². The predicted molar refractivity (Wildman–Crippen MR) is 221 cm³/mol. The largest absolute Gasteiger partial charge is 0.480 e. The molecule has 6 aliphatic rings. The van der Waals surface area contributed by atoms with Crippen LogP contribution in [0.15, 0.2) is 24.3 Å². The second-order valence-corrected chi connectivity index (χ2v) is 22.0. The maximum Gasteiger partial charge on any atom is 0.318 e. The lowest BCUT2D eigenvalue weighted by Crippen LogP contribution is -2.63. The van der Waals surface area contributed by atoms with Crippen LogP contribution in [0.5, 0.6) is 0 Å². The van der Waals surface area contributed by atoms with Crippen molar-refractivity contribution in [1.82, 2.24) is 13.9 Å². The molecule has 8 rings (SSSR count). The van der Waals surface area contributed by atoms with Gasteiger partial charge in [-0.2, -0.15) is 25.4 Å². The number of anilines is 2. The van der Waals surface area contributed by atoms with Gasteiger partial charge in [-0.25, -0.2) is 0 Å². The lowest BCUT2D eigenvalue weighted by Gasteiger charge is -2.58. The number of hydrogen-bond donors (Lipinski definition) is 3. The van der Waals surface area contributed by atoms with Crippen molar-refractivity contribution < 1.29 is 36.3 Å². The van der Waals surface area contributed by atoms with Gasteiger partial charge in [0.15, 0.2) is 0 Å². The zero-order valence-electron chi connectivity index (χ0n) is 32.1. The van der Waals surface area contributed by atoms with Gasteiger partial charge in [0.2, 0.25) is 11.8 Å². The second kappa shape index (κ2) is 16.5. The van der Waals surface area contributed by atoms with Crippen LogP contribution in [0.4, 0.5) is 11.4 Å². The summed E-state index contributed by atoms with van der Waals surface area (Å²) < 4.78 is 56.8. The Kier molecular flexibility index (Phi) is 12.7. The number of carbonyl (C=O) groups is 3. The fourth-order valence-electron chi connectivity index (χ4n) is 9.70. The molecule has 4 bridgehead atoms. The van der Waals surface area contributed by atoms with Gasteiger partial charge in [0.1, 0.15) is 6.54 Å². The van der Waals surface area contributed by atoms with Crippen molar-refractivity contribution in [2.24, 2.45) is 40.7 Å². The standard InChI is InChI=1S/C24H32Cl2N4O4S.C13H16Cl2N2O4S/c1-13-3-18(25)22(19(26)4-13)30-11-14(2)10-29(35(30,33)34)12-20(31)28-21-16-5-15-6-17(21)9-24(7-15,8-16)23(27)32;1-8-3-10(14)13(11(15)4-8)17-6-9(2)5-16(7-12(18)19)22(17,20)21/h3-4,14-17,21H,5-12H2,1-2H3,(H2,27,32)(H,28,31);3-4,9H,5-7H2,1-2H3,(H,18,19)/t14-,15?,16?,17?,21?,24?;9-/m11/s1. The fraction of sp³-hybridized carbons (Fsp3) is 0.595. The highest BCUT2D eigenvalue weighted by atomic mass is 35.5. The van der Waals surface area contributed by atoms with Gasteiger partial charge < -0.3 is 16.2 Å². The van der Waals surface area contributed by atoms with Crippen molar-refractivity contribution in [3.63, 3.8) is 0 Å². The number of primary amides is 1. The number of carboxylic acids is 1. The molecule has 6 fully saturated rings. The SMILES string of the molecule is Cc1cc(Cl)c(N2C[C@H](C)CN(CC(=O)NC3C4CC5CC3CC(C(N)=O)(C5)C4)S2(=O)=O)c(Cl)c1.Cc1cc(Cl)c(N2C[C@H](C)CN(CC(=O)O)S2(=O)=O)c(Cl)c1. The minimum Gasteiger partial charge on any atom is -0.480 e. The van der Waals surface area contributed by atoms with Crippen molar-refractivity contribution in [2.45, 2.75) is 65.8 Å². The summed E-state index contributed by atoms with van der Waals surface area (Å²) in [6, 6.07) is 6.56. The van der Waals surface area contributed by atoms with Crippen LogP contribution in [-0.2, 0) is 34.8 Å². The van der Waals surface area contributed by atoms with E-state index >= 15 is 0 Å². The van der Waals surface area contributed by atoms with Crippen molar-refractivity contribution in [2.75, 3.05) is 47.9 Å². The molecule has 14 nitrogen and oxygen atoms in total. The van der Waals surface area contributed by atoms with E-state index in [-0.39, 0.29) is 106 Å². The molecule has 2 saturated heterocycles. The normalized spacial score (nSPS) is 30.4. The Bertz CT molecular complexity index is 2120. The Morgan fingerprint density at radius 1 is 0.737 bits per heavy atom. The number of nitrogens with zero attached hydrogens (tertiary/aromatic N) is 4. The van der Waals surface area contributed by atoms with Crippen LogP contribution in [-0.4, -0.2) is 93.6 Å². The Balaban J connectivity index is 0.000000215. The number of nitrogens with one attached hydrogen (secondary N) is 1. The molecule has 4 atom stereocenters. The van der Waals surface area contributed by atoms with Gasteiger partial charge in [0, 0.05) is 37.6 Å². The van der Waals surface area contributed by atoms with E-state index in [4.69, 9.17) is 57.2 Å². The van der Waals surface area contributed by atoms with Gasteiger partial charge in [-0.3, -0.25) is 23.0 Å². The minimum absolute atomic E-state index is 0.0311. The molecule has 2 unspecified atom stereocenters. The number of aryl methyl sites for hydroxylation is 2. The first-order chi connectivity index (χ1) is 26.5. The highest BCUT2D eigenvalue weighted by Gasteiger charge is 2.58. The molecule has 2 aliphatic heterocycles. The molecular weight excluding hydrogens is 862 g/mol. The molecule has 0 spiro atoms. The third-order valence-corrected chi connectivity index (χ3v) is 16.6. The number of carboxylic acid groups (broad SMARTS) is 1. The monoisotopic (exact) mass is 908 g/mol. The van der Waals surface area contributed by atoms with E-state index in [2.05, 4.69) is 5.32 Å². The van der Waals surface area contributed by atoms with E-state index in [1.165, 1.54) is 8.61 Å². The van der Waals surface area contributed by atoms with Crippen LogP contribution in [0.1, 0.15) is 57.1 Å². The molecule has 0 aromatic heterocycles. The summed E-state index contributed by atoms with van der Waals surface area (Å²) in [6.45, 7) is 7.34. The summed E-state index contributed by atoms with van der Waals surface area (Å²) in [6.07, 6.45) is 4.23. The second-order valence-electron chi connectivity index (χ2n) is 16.6. The summed E-state index contributed by atoms with van der Waals surface area (Å²) >= 11 is 25.2. The Hall–Kier alpha value is -2.57. The average molecular weight is 911 g/mol. The summed E-state index contributed by atoms with van der Waals surface area (Å²) in [4.78, 5) is 36.3. The van der Waals surface area contributed by atoms with Crippen molar-refractivity contribution in [1.29, 1.82) is 0 Å². The molecule has 4 saturated carbocycles. The average Bonchev–Trinajstić information content (AvgIpc) is 3.06. The lowest BCUT2D eigenvalue weighted by molar-refractivity contribution is -0.147. The zero-order valence-corrected chi connectivity index (χ0v) is 36.7. The van der Waals surface area contributed by atoms with E-state index in [0.29, 0.717) is 18.8 Å². The Morgan fingerprint density at radius 3 is 1.53 bits per heavy atom. The van der Waals surface area contributed by atoms with Crippen LogP contribution in [0, 0.1) is 48.9 Å². The summed E-state index contributed by atoms with van der Waals surface area (Å²) in [5.74, 6) is -0.953. The van der Waals surface area contributed by atoms with E-state index in [0.717, 1.165) is 39.0 Å². The first kappa shape index (κ1) is 44.0. The number of amides is 2. The summed E-state index contributed by atoms with van der Waals surface area (Å²) in [5.41, 5.74) is 7.41. The molecule has 0 radical (unpaired) electrons. The van der Waals surface area contributed by atoms with Gasteiger partial charge in [0.05, 0.1) is 38.0 Å². The van der Waals surface area contributed by atoms with Gasteiger partial charge in [-0.1, -0.05) is 60.3 Å². The maximum absolute atomic E-state index is 13.5. The first-order valence-corrected chi connectivity index (χ1v) is 23.1. The van der Waals surface area contributed by atoms with E-state index < -0.39 is 38.3 Å². The number of nitrogens with two attached hydrogens (primary N) is 1. The Morgan fingerprint density at radius 2 is 1.14 bits per heavy atom. The highest BCUT2D eigenvalue weighted by molar-refractivity contribution is 7.90. The van der Waals surface area contributed by atoms with Gasteiger partial charge in [-0.15, -0.1) is 0 Å². The van der Waals surface area contributed by atoms with Gasteiger partial charge in [-0.05, 0) is 111 Å².